The zero-order chi connectivity index (χ0) is 12.5. The standard InChI is InChI=1S/C13H16BrN3O/c14-12-4-3-9(8-15-12)13(18)16-10-5-7-17-6-1-2-11(10)17/h3-4,8,10-11H,1-2,5-7H2,(H,16,18). The molecule has 1 aromatic rings. The maximum Gasteiger partial charge on any atom is 0.253 e. The average molecular weight is 310 g/mol. The molecule has 2 atom stereocenters. The van der Waals surface area contributed by atoms with Crippen LogP contribution in [-0.4, -0.2) is 41.0 Å². The van der Waals surface area contributed by atoms with Crippen molar-refractivity contribution in [1.82, 2.24) is 15.2 Å². The smallest absolute Gasteiger partial charge is 0.253 e. The molecule has 0 radical (unpaired) electrons. The van der Waals surface area contributed by atoms with Crippen molar-refractivity contribution in [3.8, 4) is 0 Å². The van der Waals surface area contributed by atoms with Gasteiger partial charge in [0.1, 0.15) is 4.60 Å². The van der Waals surface area contributed by atoms with E-state index in [2.05, 4.69) is 31.1 Å². The molecule has 2 aliphatic rings. The molecule has 3 heterocycles. The van der Waals surface area contributed by atoms with Crippen LogP contribution >= 0.6 is 15.9 Å². The van der Waals surface area contributed by atoms with E-state index in [1.807, 2.05) is 0 Å². The number of amides is 1. The number of nitrogens with one attached hydrogen (secondary N) is 1. The van der Waals surface area contributed by atoms with E-state index in [4.69, 9.17) is 0 Å². The molecule has 0 spiro atoms. The third-order valence-corrected chi connectivity index (χ3v) is 4.38. The topological polar surface area (TPSA) is 45.2 Å². The predicted molar refractivity (Wildman–Crippen MR) is 72.4 cm³/mol. The highest BCUT2D eigenvalue weighted by molar-refractivity contribution is 9.10. The molecule has 2 fully saturated rings. The first kappa shape index (κ1) is 12.1. The second kappa shape index (κ2) is 4.97. The Morgan fingerprint density at radius 3 is 3.06 bits per heavy atom. The number of fused-ring (bicyclic) bond motifs is 1. The monoisotopic (exact) mass is 309 g/mol. The van der Waals surface area contributed by atoms with Gasteiger partial charge >= 0.3 is 0 Å². The fourth-order valence-corrected chi connectivity index (χ4v) is 3.25. The van der Waals surface area contributed by atoms with E-state index >= 15 is 0 Å². The highest BCUT2D eigenvalue weighted by Gasteiger charge is 2.37. The first-order valence-electron chi connectivity index (χ1n) is 6.40. The van der Waals surface area contributed by atoms with Crippen molar-refractivity contribution < 1.29 is 4.79 Å². The number of aromatic nitrogens is 1. The zero-order valence-corrected chi connectivity index (χ0v) is 11.7. The molecule has 1 N–H and O–H groups in total. The first-order valence-corrected chi connectivity index (χ1v) is 7.20. The van der Waals surface area contributed by atoms with Crippen molar-refractivity contribution in [3.63, 3.8) is 0 Å². The first-order chi connectivity index (χ1) is 8.74. The molecule has 2 unspecified atom stereocenters. The summed E-state index contributed by atoms with van der Waals surface area (Å²) < 4.78 is 0.752. The van der Waals surface area contributed by atoms with Gasteiger partial charge in [-0.05, 0) is 53.9 Å². The van der Waals surface area contributed by atoms with E-state index in [9.17, 15) is 4.79 Å². The number of halogens is 1. The Balaban J connectivity index is 1.66. The van der Waals surface area contributed by atoms with Crippen LogP contribution in [0, 0.1) is 0 Å². The van der Waals surface area contributed by atoms with Crippen LogP contribution in [-0.2, 0) is 0 Å². The second-order valence-electron chi connectivity index (χ2n) is 4.98. The fourth-order valence-electron chi connectivity index (χ4n) is 3.01. The molecule has 1 aromatic heterocycles. The molecule has 1 amide bonds. The molecule has 0 aromatic carbocycles. The quantitative estimate of drug-likeness (QED) is 0.848. The van der Waals surface area contributed by atoms with Crippen LogP contribution in [0.15, 0.2) is 22.9 Å². The minimum absolute atomic E-state index is 0.00579. The minimum atomic E-state index is -0.00579. The number of nitrogens with zero attached hydrogens (tertiary/aromatic N) is 2. The Hall–Kier alpha value is -0.940. The number of rotatable bonds is 2. The lowest BCUT2D eigenvalue weighted by Gasteiger charge is -2.21. The number of hydrogen-bond donors (Lipinski definition) is 1. The van der Waals surface area contributed by atoms with Gasteiger partial charge in [0.25, 0.3) is 5.91 Å². The molecule has 2 aliphatic heterocycles. The Labute approximate surface area is 115 Å². The Morgan fingerprint density at radius 2 is 2.28 bits per heavy atom. The minimum Gasteiger partial charge on any atom is -0.348 e. The van der Waals surface area contributed by atoms with E-state index in [0.717, 1.165) is 17.6 Å². The highest BCUT2D eigenvalue weighted by Crippen LogP contribution is 2.28. The lowest BCUT2D eigenvalue weighted by atomic mass is 10.1. The maximum atomic E-state index is 12.1. The molecule has 0 saturated carbocycles. The summed E-state index contributed by atoms with van der Waals surface area (Å²) in [5.74, 6) is -0.00579. The summed E-state index contributed by atoms with van der Waals surface area (Å²) in [5, 5.41) is 3.15. The highest BCUT2D eigenvalue weighted by atomic mass is 79.9. The molecule has 5 heteroatoms. The van der Waals surface area contributed by atoms with Gasteiger partial charge in [-0.25, -0.2) is 4.98 Å². The van der Waals surface area contributed by atoms with Crippen LogP contribution < -0.4 is 5.32 Å². The molecule has 0 bridgehead atoms. The summed E-state index contributed by atoms with van der Waals surface area (Å²) in [6.07, 6.45) is 5.15. The van der Waals surface area contributed by atoms with E-state index in [1.54, 1.807) is 18.3 Å². The Bertz CT molecular complexity index is 448. The van der Waals surface area contributed by atoms with Crippen LogP contribution in [0.5, 0.6) is 0 Å². The molecule has 3 rings (SSSR count). The largest absolute Gasteiger partial charge is 0.348 e. The van der Waals surface area contributed by atoms with Crippen molar-refractivity contribution in [2.75, 3.05) is 13.1 Å². The average Bonchev–Trinajstić information content (AvgIpc) is 2.95. The van der Waals surface area contributed by atoms with Gasteiger partial charge in [0.15, 0.2) is 0 Å². The van der Waals surface area contributed by atoms with Gasteiger partial charge in [-0.2, -0.15) is 0 Å². The van der Waals surface area contributed by atoms with Crippen LogP contribution in [0.25, 0.3) is 0 Å². The SMILES string of the molecule is O=C(NC1CCN2CCCC12)c1ccc(Br)nc1. The van der Waals surface area contributed by atoms with E-state index in [0.29, 0.717) is 17.6 Å². The second-order valence-corrected chi connectivity index (χ2v) is 5.80. The summed E-state index contributed by atoms with van der Waals surface area (Å²) in [5.41, 5.74) is 0.634. The molecule has 18 heavy (non-hydrogen) atoms. The van der Waals surface area contributed by atoms with Crippen molar-refractivity contribution >= 4 is 21.8 Å². The maximum absolute atomic E-state index is 12.1. The molecule has 96 valence electrons. The van der Waals surface area contributed by atoms with E-state index in [-0.39, 0.29) is 5.91 Å². The predicted octanol–water partition coefficient (Wildman–Crippen LogP) is 1.81. The van der Waals surface area contributed by atoms with Crippen molar-refractivity contribution in [2.24, 2.45) is 0 Å². The van der Waals surface area contributed by atoms with Crippen molar-refractivity contribution in [3.05, 3.63) is 28.5 Å². The summed E-state index contributed by atoms with van der Waals surface area (Å²) >= 11 is 3.27. The molecule has 0 aliphatic carbocycles. The summed E-state index contributed by atoms with van der Waals surface area (Å²) in [4.78, 5) is 18.7. The third-order valence-electron chi connectivity index (χ3n) is 3.91. The molecular weight excluding hydrogens is 294 g/mol. The van der Waals surface area contributed by atoms with Crippen LogP contribution in [0.4, 0.5) is 0 Å². The van der Waals surface area contributed by atoms with Crippen molar-refractivity contribution in [1.29, 1.82) is 0 Å². The number of hydrogen-bond acceptors (Lipinski definition) is 3. The lowest BCUT2D eigenvalue weighted by Crippen LogP contribution is -2.42. The normalized spacial score (nSPS) is 27.2. The third kappa shape index (κ3) is 2.29. The number of carbonyl (C=O) groups excluding carboxylic acids is 1. The van der Waals surface area contributed by atoms with Crippen LogP contribution in [0.2, 0.25) is 0 Å². The van der Waals surface area contributed by atoms with Gasteiger partial charge in [0, 0.05) is 24.8 Å². The summed E-state index contributed by atoms with van der Waals surface area (Å²) in [6, 6.07) is 4.46. The van der Waals surface area contributed by atoms with Crippen LogP contribution in [0.1, 0.15) is 29.6 Å². The van der Waals surface area contributed by atoms with Gasteiger partial charge in [-0.3, -0.25) is 9.69 Å². The van der Waals surface area contributed by atoms with E-state index in [1.165, 1.54) is 19.4 Å². The van der Waals surface area contributed by atoms with Crippen molar-refractivity contribution in [2.45, 2.75) is 31.3 Å². The molecular formula is C13H16BrN3O. The van der Waals surface area contributed by atoms with Gasteiger partial charge < -0.3 is 5.32 Å². The van der Waals surface area contributed by atoms with Gasteiger partial charge in [0.05, 0.1) is 5.56 Å². The zero-order valence-electron chi connectivity index (χ0n) is 10.1. The summed E-state index contributed by atoms with van der Waals surface area (Å²) in [7, 11) is 0. The van der Waals surface area contributed by atoms with Gasteiger partial charge in [0.2, 0.25) is 0 Å². The molecule has 4 nitrogen and oxygen atoms in total. The Kier molecular flexibility index (Phi) is 3.35. The lowest BCUT2D eigenvalue weighted by molar-refractivity contribution is 0.0929. The number of carbonyl (C=O) groups is 1. The van der Waals surface area contributed by atoms with Gasteiger partial charge in [-0.15, -0.1) is 0 Å². The number of pyridine rings is 1. The van der Waals surface area contributed by atoms with Gasteiger partial charge in [-0.1, -0.05) is 0 Å². The molecule has 2 saturated heterocycles. The summed E-state index contributed by atoms with van der Waals surface area (Å²) in [6.45, 7) is 2.31. The Morgan fingerprint density at radius 1 is 1.39 bits per heavy atom. The van der Waals surface area contributed by atoms with Crippen LogP contribution in [0.3, 0.4) is 0 Å². The van der Waals surface area contributed by atoms with E-state index < -0.39 is 0 Å². The fraction of sp³-hybridized carbons (Fsp3) is 0.538.